The first kappa shape index (κ1) is 17.1. The zero-order chi connectivity index (χ0) is 17.6. The van der Waals surface area contributed by atoms with Crippen LogP contribution < -0.4 is 15.0 Å². The fourth-order valence-electron chi connectivity index (χ4n) is 2.78. The first-order valence-corrected chi connectivity index (χ1v) is 8.15. The fraction of sp³-hybridized carbons (Fsp3) is 0.333. The van der Waals surface area contributed by atoms with E-state index in [1.807, 2.05) is 6.07 Å². The molecule has 0 saturated carbocycles. The Morgan fingerprint density at radius 2 is 1.92 bits per heavy atom. The van der Waals surface area contributed by atoms with Crippen LogP contribution in [0.4, 0.5) is 14.5 Å². The Morgan fingerprint density at radius 3 is 2.60 bits per heavy atom. The van der Waals surface area contributed by atoms with Crippen molar-refractivity contribution in [3.05, 3.63) is 53.9 Å². The van der Waals surface area contributed by atoms with E-state index >= 15 is 0 Å². The van der Waals surface area contributed by atoms with Gasteiger partial charge in [0.15, 0.2) is 0 Å². The van der Waals surface area contributed by atoms with Crippen molar-refractivity contribution in [1.82, 2.24) is 10.3 Å². The van der Waals surface area contributed by atoms with Gasteiger partial charge < -0.3 is 15.0 Å². The summed E-state index contributed by atoms with van der Waals surface area (Å²) in [6.45, 7) is -0.570. The summed E-state index contributed by atoms with van der Waals surface area (Å²) >= 11 is 0. The van der Waals surface area contributed by atoms with Gasteiger partial charge in [0.25, 0.3) is 5.91 Å². The summed E-state index contributed by atoms with van der Waals surface area (Å²) in [5.74, 6) is -0.181. The molecule has 1 aliphatic heterocycles. The molecule has 2 aromatic rings. The van der Waals surface area contributed by atoms with E-state index in [0.29, 0.717) is 5.69 Å². The summed E-state index contributed by atoms with van der Waals surface area (Å²) < 4.78 is 28.5. The normalized spacial score (nSPS) is 14.0. The van der Waals surface area contributed by atoms with E-state index < -0.39 is 6.61 Å². The highest BCUT2D eigenvalue weighted by molar-refractivity contribution is 5.93. The highest BCUT2D eigenvalue weighted by Crippen LogP contribution is 2.20. The second-order valence-electron chi connectivity index (χ2n) is 5.80. The Hall–Kier alpha value is -2.70. The zero-order valence-corrected chi connectivity index (χ0v) is 13.6. The first-order chi connectivity index (χ1) is 12.1. The minimum atomic E-state index is -2.85. The number of hydrogen-bond donors (Lipinski definition) is 1. The summed E-state index contributed by atoms with van der Waals surface area (Å²) in [5, 5.41) is 2.78. The van der Waals surface area contributed by atoms with Gasteiger partial charge in [-0.1, -0.05) is 12.1 Å². The number of alkyl halides is 2. The Labute approximate surface area is 144 Å². The minimum absolute atomic E-state index is 0.0880. The molecule has 0 unspecified atom stereocenters. The van der Waals surface area contributed by atoms with Crippen LogP contribution in [0.2, 0.25) is 0 Å². The summed E-state index contributed by atoms with van der Waals surface area (Å²) in [7, 11) is 0. The number of benzene rings is 1. The number of hydrogen-bond acceptors (Lipinski definition) is 4. The highest BCUT2D eigenvalue weighted by atomic mass is 19.3. The number of halogens is 2. The summed E-state index contributed by atoms with van der Waals surface area (Å²) in [4.78, 5) is 18.6. The Bertz CT molecular complexity index is 717. The van der Waals surface area contributed by atoms with Crippen LogP contribution in [0.5, 0.6) is 5.75 Å². The number of anilines is 1. The molecule has 1 saturated heterocycles. The number of carbonyl (C=O) groups is 1. The van der Waals surface area contributed by atoms with Gasteiger partial charge in [0.2, 0.25) is 0 Å². The lowest BCUT2D eigenvalue weighted by atomic mass is 10.2. The maximum Gasteiger partial charge on any atom is 0.387 e. The van der Waals surface area contributed by atoms with Crippen LogP contribution in [0.25, 0.3) is 0 Å². The summed E-state index contributed by atoms with van der Waals surface area (Å²) in [6, 6.07) is 9.85. The van der Waals surface area contributed by atoms with Crippen LogP contribution in [-0.2, 0) is 6.54 Å². The van der Waals surface area contributed by atoms with Crippen molar-refractivity contribution in [3.8, 4) is 5.75 Å². The van der Waals surface area contributed by atoms with Gasteiger partial charge in [0, 0.05) is 31.5 Å². The third-order valence-electron chi connectivity index (χ3n) is 4.05. The Balaban J connectivity index is 1.58. The first-order valence-electron chi connectivity index (χ1n) is 8.15. The lowest BCUT2D eigenvalue weighted by Gasteiger charge is -2.17. The average molecular weight is 347 g/mol. The van der Waals surface area contributed by atoms with Gasteiger partial charge in [-0.15, -0.1) is 0 Å². The van der Waals surface area contributed by atoms with E-state index in [-0.39, 0.29) is 18.2 Å². The van der Waals surface area contributed by atoms with Crippen molar-refractivity contribution in [2.24, 2.45) is 0 Å². The van der Waals surface area contributed by atoms with E-state index in [1.54, 1.807) is 24.4 Å². The molecule has 1 aromatic carbocycles. The summed E-state index contributed by atoms with van der Waals surface area (Å²) in [5.41, 5.74) is 2.15. The van der Waals surface area contributed by atoms with Crippen LogP contribution >= 0.6 is 0 Å². The summed E-state index contributed by atoms with van der Waals surface area (Å²) in [6.07, 6.45) is 3.96. The number of amides is 1. The second kappa shape index (κ2) is 7.92. The molecule has 7 heteroatoms. The van der Waals surface area contributed by atoms with Crippen LogP contribution in [0.15, 0.2) is 42.6 Å². The Morgan fingerprint density at radius 1 is 1.20 bits per heavy atom. The molecule has 132 valence electrons. The molecule has 25 heavy (non-hydrogen) atoms. The van der Waals surface area contributed by atoms with E-state index in [2.05, 4.69) is 19.9 Å². The van der Waals surface area contributed by atoms with Gasteiger partial charge in [-0.3, -0.25) is 9.78 Å². The SMILES string of the molecule is O=C(NCc1ccc(OC(F)F)cc1)c1cc(N2CCCC2)ccn1. The van der Waals surface area contributed by atoms with Crippen molar-refractivity contribution in [2.45, 2.75) is 26.0 Å². The topological polar surface area (TPSA) is 54.5 Å². The molecular formula is C18H19F2N3O2. The molecule has 0 spiro atoms. The molecule has 0 aliphatic carbocycles. The number of pyridine rings is 1. The third-order valence-corrected chi connectivity index (χ3v) is 4.05. The highest BCUT2D eigenvalue weighted by Gasteiger charge is 2.15. The van der Waals surface area contributed by atoms with Crippen molar-refractivity contribution >= 4 is 11.6 Å². The molecule has 2 heterocycles. The van der Waals surface area contributed by atoms with Crippen molar-refractivity contribution < 1.29 is 18.3 Å². The number of ether oxygens (including phenoxy) is 1. The largest absolute Gasteiger partial charge is 0.435 e. The fourth-order valence-corrected chi connectivity index (χ4v) is 2.78. The number of nitrogens with one attached hydrogen (secondary N) is 1. The quantitative estimate of drug-likeness (QED) is 0.872. The van der Waals surface area contributed by atoms with Gasteiger partial charge in [-0.25, -0.2) is 0 Å². The third kappa shape index (κ3) is 4.65. The zero-order valence-electron chi connectivity index (χ0n) is 13.6. The van der Waals surface area contributed by atoms with Crippen LogP contribution in [0, 0.1) is 0 Å². The standard InChI is InChI=1S/C18H19F2N3O2/c19-18(20)25-15-5-3-13(4-6-15)12-22-17(24)16-11-14(7-8-21-16)23-9-1-2-10-23/h3-8,11,18H,1-2,9-10,12H2,(H,22,24). The average Bonchev–Trinajstić information content (AvgIpc) is 3.15. The molecule has 0 atom stereocenters. The number of aromatic nitrogens is 1. The van der Waals surface area contributed by atoms with Crippen LogP contribution in [0.3, 0.4) is 0 Å². The lowest BCUT2D eigenvalue weighted by molar-refractivity contribution is -0.0498. The molecular weight excluding hydrogens is 328 g/mol. The van der Waals surface area contributed by atoms with Crippen LogP contribution in [0.1, 0.15) is 28.9 Å². The van der Waals surface area contributed by atoms with Crippen molar-refractivity contribution in [2.75, 3.05) is 18.0 Å². The monoisotopic (exact) mass is 347 g/mol. The van der Waals surface area contributed by atoms with Crippen molar-refractivity contribution in [1.29, 1.82) is 0 Å². The predicted molar refractivity (Wildman–Crippen MR) is 89.9 cm³/mol. The van der Waals surface area contributed by atoms with Gasteiger partial charge >= 0.3 is 6.61 Å². The van der Waals surface area contributed by atoms with E-state index in [0.717, 1.165) is 37.2 Å². The molecule has 5 nitrogen and oxygen atoms in total. The molecule has 1 fully saturated rings. The predicted octanol–water partition coefficient (Wildman–Crippen LogP) is 3.21. The number of rotatable bonds is 6. The molecule has 3 rings (SSSR count). The number of nitrogens with zero attached hydrogens (tertiary/aromatic N) is 2. The molecule has 0 bridgehead atoms. The van der Waals surface area contributed by atoms with E-state index in [1.165, 1.54) is 12.1 Å². The van der Waals surface area contributed by atoms with Gasteiger partial charge in [0.05, 0.1) is 0 Å². The molecule has 1 amide bonds. The number of carbonyl (C=O) groups excluding carboxylic acids is 1. The maximum absolute atomic E-state index is 12.3. The second-order valence-corrected chi connectivity index (χ2v) is 5.80. The smallest absolute Gasteiger partial charge is 0.387 e. The molecule has 1 aromatic heterocycles. The van der Waals surface area contributed by atoms with E-state index in [4.69, 9.17) is 0 Å². The molecule has 1 aliphatic rings. The van der Waals surface area contributed by atoms with E-state index in [9.17, 15) is 13.6 Å². The Kier molecular flexibility index (Phi) is 5.42. The molecule has 0 radical (unpaired) electrons. The maximum atomic E-state index is 12.3. The van der Waals surface area contributed by atoms with Crippen LogP contribution in [-0.4, -0.2) is 30.6 Å². The van der Waals surface area contributed by atoms with Gasteiger partial charge in [0.1, 0.15) is 11.4 Å². The van der Waals surface area contributed by atoms with Gasteiger partial charge in [-0.2, -0.15) is 8.78 Å². The van der Waals surface area contributed by atoms with Crippen molar-refractivity contribution in [3.63, 3.8) is 0 Å². The minimum Gasteiger partial charge on any atom is -0.435 e. The van der Waals surface area contributed by atoms with Gasteiger partial charge in [-0.05, 0) is 42.7 Å². The lowest BCUT2D eigenvalue weighted by Crippen LogP contribution is -2.25. The molecule has 1 N–H and O–H groups in total.